The van der Waals surface area contributed by atoms with E-state index in [0.29, 0.717) is 39.8 Å². The third kappa shape index (κ3) is 3.53. The third-order valence-electron chi connectivity index (χ3n) is 5.70. The Morgan fingerprint density at radius 2 is 2.15 bits per heavy atom. The van der Waals surface area contributed by atoms with Crippen molar-refractivity contribution in [2.75, 3.05) is 0 Å². The number of nitriles is 1. The van der Waals surface area contributed by atoms with Gasteiger partial charge in [0.25, 0.3) is 5.56 Å². The van der Waals surface area contributed by atoms with E-state index >= 15 is 4.39 Å². The van der Waals surface area contributed by atoms with Crippen molar-refractivity contribution in [2.24, 2.45) is 7.05 Å². The molecule has 0 bridgehead atoms. The average Bonchev–Trinajstić information content (AvgIpc) is 3.55. The molecular formula is C23H19ClFN6O2+. The standard InChI is InChI=1S/C23H18ClFN6O2/c1-31-22(20-15(8-26)19(33-12-3-4-12)7-17(24)21(20)25)16(10-28-31)11-2-5-13-14(6-11)18(9-27)29-30-23(13)32/h2,5-7,10,12H,3-4,9,27H2,1H3,(H,30,32)/p+1. The van der Waals surface area contributed by atoms with Crippen LogP contribution in [0.5, 0.6) is 5.75 Å². The first kappa shape index (κ1) is 21.1. The zero-order chi connectivity index (χ0) is 23.3. The Hall–Kier alpha value is -3.74. The van der Waals surface area contributed by atoms with Gasteiger partial charge in [0.1, 0.15) is 29.6 Å². The molecule has 2 aromatic carbocycles. The molecule has 0 unspecified atom stereocenters. The van der Waals surface area contributed by atoms with E-state index in [0.717, 1.165) is 12.8 Å². The molecule has 0 saturated heterocycles. The lowest BCUT2D eigenvalue weighted by atomic mass is 9.95. The quantitative estimate of drug-likeness (QED) is 0.469. The van der Waals surface area contributed by atoms with E-state index < -0.39 is 5.82 Å². The molecule has 1 fully saturated rings. The topological polar surface area (TPSA) is 124 Å². The molecule has 0 atom stereocenters. The van der Waals surface area contributed by atoms with Gasteiger partial charge >= 0.3 is 0 Å². The fourth-order valence-corrected chi connectivity index (χ4v) is 4.11. The van der Waals surface area contributed by atoms with Gasteiger partial charge in [0.15, 0.2) is 5.82 Å². The van der Waals surface area contributed by atoms with E-state index in [4.69, 9.17) is 16.3 Å². The summed E-state index contributed by atoms with van der Waals surface area (Å²) in [5, 5.41) is 21.8. The van der Waals surface area contributed by atoms with E-state index in [1.807, 2.05) is 0 Å². The SMILES string of the molecule is Cn1ncc(-c2ccc3c(=O)[nH]nc(C[NH3+])c3c2)c1-c1c(F)c(Cl)cc(OC2CC2)c1C#N. The number of halogens is 2. The molecule has 5 rings (SSSR count). The normalized spacial score (nSPS) is 13.3. The summed E-state index contributed by atoms with van der Waals surface area (Å²) in [6.45, 7) is 0.375. The predicted octanol–water partition coefficient (Wildman–Crippen LogP) is 2.94. The van der Waals surface area contributed by atoms with E-state index in [1.54, 1.807) is 31.4 Å². The van der Waals surface area contributed by atoms with Gasteiger partial charge in [-0.3, -0.25) is 9.48 Å². The number of aryl methyl sites for hydroxylation is 1. The van der Waals surface area contributed by atoms with Crippen LogP contribution >= 0.6 is 11.6 Å². The van der Waals surface area contributed by atoms with Gasteiger partial charge in [-0.1, -0.05) is 17.7 Å². The molecule has 0 amide bonds. The van der Waals surface area contributed by atoms with Crippen LogP contribution < -0.4 is 16.0 Å². The van der Waals surface area contributed by atoms with Crippen molar-refractivity contribution < 1.29 is 14.9 Å². The van der Waals surface area contributed by atoms with E-state index in [9.17, 15) is 10.1 Å². The molecule has 2 heterocycles. The predicted molar refractivity (Wildman–Crippen MR) is 120 cm³/mol. The van der Waals surface area contributed by atoms with Crippen LogP contribution in [0.4, 0.5) is 4.39 Å². The molecule has 166 valence electrons. The summed E-state index contributed by atoms with van der Waals surface area (Å²) in [6.07, 6.45) is 3.35. The third-order valence-corrected chi connectivity index (χ3v) is 5.98. The van der Waals surface area contributed by atoms with Gasteiger partial charge in [-0.2, -0.15) is 15.5 Å². The van der Waals surface area contributed by atoms with E-state index in [2.05, 4.69) is 27.1 Å². The number of quaternary nitrogens is 1. The van der Waals surface area contributed by atoms with Gasteiger partial charge in [-0.15, -0.1) is 0 Å². The lowest BCUT2D eigenvalue weighted by molar-refractivity contribution is -0.387. The Labute approximate surface area is 192 Å². The molecule has 1 aliphatic rings. The average molecular weight is 466 g/mol. The zero-order valence-electron chi connectivity index (χ0n) is 17.7. The second kappa shape index (κ2) is 7.99. The summed E-state index contributed by atoms with van der Waals surface area (Å²) in [4.78, 5) is 12.2. The molecule has 0 spiro atoms. The second-order valence-corrected chi connectivity index (χ2v) is 8.30. The molecule has 4 aromatic rings. The maximum absolute atomic E-state index is 15.4. The van der Waals surface area contributed by atoms with Gasteiger partial charge in [-0.25, -0.2) is 9.49 Å². The van der Waals surface area contributed by atoms with Gasteiger partial charge in [0, 0.05) is 24.1 Å². The van der Waals surface area contributed by atoms with Gasteiger partial charge < -0.3 is 10.5 Å². The molecule has 33 heavy (non-hydrogen) atoms. The molecule has 2 aromatic heterocycles. The summed E-state index contributed by atoms with van der Waals surface area (Å²) < 4.78 is 22.7. The maximum Gasteiger partial charge on any atom is 0.272 e. The van der Waals surface area contributed by atoms with Gasteiger partial charge in [0.2, 0.25) is 0 Å². The number of aromatic nitrogens is 4. The number of aromatic amines is 1. The van der Waals surface area contributed by atoms with Gasteiger partial charge in [0.05, 0.1) is 34.0 Å². The van der Waals surface area contributed by atoms with Gasteiger partial charge in [-0.05, 0) is 30.5 Å². The van der Waals surface area contributed by atoms with Crippen molar-refractivity contribution in [3.05, 3.63) is 62.9 Å². The van der Waals surface area contributed by atoms with Crippen LogP contribution in [0, 0.1) is 17.1 Å². The number of hydrogen-bond acceptors (Lipinski definition) is 5. The number of nitrogens with one attached hydrogen (secondary N) is 1. The Morgan fingerprint density at radius 1 is 1.36 bits per heavy atom. The number of rotatable bonds is 5. The number of fused-ring (bicyclic) bond motifs is 1. The number of H-pyrrole nitrogens is 1. The van der Waals surface area contributed by atoms with Crippen molar-refractivity contribution in [2.45, 2.75) is 25.5 Å². The molecule has 10 heteroatoms. The van der Waals surface area contributed by atoms with Crippen LogP contribution in [0.1, 0.15) is 24.1 Å². The van der Waals surface area contributed by atoms with E-state index in [-0.39, 0.29) is 33.6 Å². The highest BCUT2D eigenvalue weighted by atomic mass is 35.5. The van der Waals surface area contributed by atoms with Crippen molar-refractivity contribution in [1.82, 2.24) is 20.0 Å². The molecule has 0 radical (unpaired) electrons. The van der Waals surface area contributed by atoms with Crippen LogP contribution in [-0.2, 0) is 13.6 Å². The monoisotopic (exact) mass is 465 g/mol. The van der Waals surface area contributed by atoms with Crippen LogP contribution in [0.3, 0.4) is 0 Å². The lowest BCUT2D eigenvalue weighted by Crippen LogP contribution is -2.48. The van der Waals surface area contributed by atoms with Crippen LogP contribution in [0.25, 0.3) is 33.2 Å². The minimum absolute atomic E-state index is 0.00430. The first-order chi connectivity index (χ1) is 15.9. The van der Waals surface area contributed by atoms with Crippen LogP contribution in [0.2, 0.25) is 5.02 Å². The summed E-state index contributed by atoms with van der Waals surface area (Å²) in [5.41, 5.74) is 5.91. The van der Waals surface area contributed by atoms with Crippen molar-refractivity contribution in [3.63, 3.8) is 0 Å². The minimum atomic E-state index is -0.724. The Bertz CT molecular complexity index is 1520. The highest BCUT2D eigenvalue weighted by Crippen LogP contribution is 2.42. The molecule has 4 N–H and O–H groups in total. The van der Waals surface area contributed by atoms with Crippen LogP contribution in [0.15, 0.2) is 35.3 Å². The largest absolute Gasteiger partial charge is 0.489 e. The van der Waals surface area contributed by atoms with E-state index in [1.165, 1.54) is 10.7 Å². The molecule has 0 aliphatic heterocycles. The smallest absolute Gasteiger partial charge is 0.272 e. The Morgan fingerprint density at radius 3 is 2.85 bits per heavy atom. The second-order valence-electron chi connectivity index (χ2n) is 7.89. The summed E-state index contributed by atoms with van der Waals surface area (Å²) >= 11 is 6.21. The summed E-state index contributed by atoms with van der Waals surface area (Å²) in [5.74, 6) is -0.472. The number of nitrogens with zero attached hydrogens (tertiary/aromatic N) is 4. The highest BCUT2D eigenvalue weighted by Gasteiger charge is 2.29. The first-order valence-electron chi connectivity index (χ1n) is 10.3. The lowest BCUT2D eigenvalue weighted by Gasteiger charge is -2.15. The number of ether oxygens (including phenoxy) is 1. The van der Waals surface area contributed by atoms with Crippen LogP contribution in [-0.4, -0.2) is 26.1 Å². The number of benzene rings is 2. The first-order valence-corrected chi connectivity index (χ1v) is 10.7. The molecule has 8 nitrogen and oxygen atoms in total. The fourth-order valence-electron chi connectivity index (χ4n) is 3.92. The Balaban J connectivity index is 1.76. The Kier molecular flexibility index (Phi) is 5.12. The number of hydrogen-bond donors (Lipinski definition) is 2. The molecule has 1 saturated carbocycles. The molecular weight excluding hydrogens is 447 g/mol. The zero-order valence-corrected chi connectivity index (χ0v) is 18.4. The summed E-state index contributed by atoms with van der Waals surface area (Å²) in [6, 6.07) is 8.67. The van der Waals surface area contributed by atoms with Crippen molar-refractivity contribution >= 4 is 22.4 Å². The fraction of sp³-hybridized carbons (Fsp3) is 0.217. The maximum atomic E-state index is 15.4. The minimum Gasteiger partial charge on any atom is -0.489 e. The van der Waals surface area contributed by atoms with Crippen molar-refractivity contribution in [1.29, 1.82) is 5.26 Å². The summed E-state index contributed by atoms with van der Waals surface area (Å²) in [7, 11) is 1.66. The highest BCUT2D eigenvalue weighted by molar-refractivity contribution is 6.31. The molecule has 1 aliphatic carbocycles. The van der Waals surface area contributed by atoms with Crippen molar-refractivity contribution in [3.8, 4) is 34.2 Å².